The van der Waals surface area contributed by atoms with Crippen molar-refractivity contribution in [3.8, 4) is 0 Å². The first-order valence-electron chi connectivity index (χ1n) is 9.14. The van der Waals surface area contributed by atoms with Gasteiger partial charge in [-0.1, -0.05) is 35.9 Å². The SMILES string of the molecule is CN1CCN(C(=O)c2cccc(NC(=O)CCc3ccccc3Cl)c2)CC1. The zero-order valence-electron chi connectivity index (χ0n) is 15.5. The molecule has 27 heavy (non-hydrogen) atoms. The molecule has 0 bridgehead atoms. The van der Waals surface area contributed by atoms with Gasteiger partial charge in [0.15, 0.2) is 0 Å². The van der Waals surface area contributed by atoms with Crippen molar-refractivity contribution in [1.29, 1.82) is 0 Å². The molecule has 142 valence electrons. The zero-order valence-corrected chi connectivity index (χ0v) is 16.2. The highest BCUT2D eigenvalue weighted by Gasteiger charge is 2.20. The Morgan fingerprint density at radius 3 is 2.52 bits per heavy atom. The van der Waals surface area contributed by atoms with Gasteiger partial charge in [0.2, 0.25) is 5.91 Å². The van der Waals surface area contributed by atoms with Crippen molar-refractivity contribution in [3.63, 3.8) is 0 Å². The third-order valence-corrected chi connectivity index (χ3v) is 5.13. The molecule has 1 aliphatic heterocycles. The van der Waals surface area contributed by atoms with E-state index in [1.165, 1.54) is 0 Å². The summed E-state index contributed by atoms with van der Waals surface area (Å²) in [6.45, 7) is 3.21. The number of carbonyl (C=O) groups is 2. The molecule has 0 aliphatic carbocycles. The van der Waals surface area contributed by atoms with Crippen LogP contribution in [0.4, 0.5) is 5.69 Å². The predicted molar refractivity (Wildman–Crippen MR) is 108 cm³/mol. The number of aryl methyl sites for hydroxylation is 1. The van der Waals surface area contributed by atoms with Gasteiger partial charge in [-0.05, 0) is 43.3 Å². The number of nitrogens with one attached hydrogen (secondary N) is 1. The van der Waals surface area contributed by atoms with Gasteiger partial charge >= 0.3 is 0 Å². The van der Waals surface area contributed by atoms with Crippen molar-refractivity contribution >= 4 is 29.1 Å². The molecule has 1 heterocycles. The molecular weight excluding hydrogens is 362 g/mol. The number of piperazine rings is 1. The minimum atomic E-state index is -0.0980. The lowest BCUT2D eigenvalue weighted by atomic mass is 10.1. The van der Waals surface area contributed by atoms with Crippen LogP contribution in [-0.2, 0) is 11.2 Å². The fraction of sp³-hybridized carbons (Fsp3) is 0.333. The number of amides is 2. The highest BCUT2D eigenvalue weighted by molar-refractivity contribution is 6.31. The lowest BCUT2D eigenvalue weighted by Gasteiger charge is -2.32. The highest BCUT2D eigenvalue weighted by atomic mass is 35.5. The number of benzene rings is 2. The van der Waals surface area contributed by atoms with E-state index < -0.39 is 0 Å². The van der Waals surface area contributed by atoms with Gasteiger partial charge in [-0.2, -0.15) is 0 Å². The standard InChI is InChI=1S/C21H24ClN3O2/c1-24-11-13-25(14-12-24)21(27)17-6-4-7-18(15-17)23-20(26)10-9-16-5-2-3-8-19(16)22/h2-8,15H,9-14H2,1H3,(H,23,26). The molecule has 0 atom stereocenters. The summed E-state index contributed by atoms with van der Waals surface area (Å²) >= 11 is 6.13. The van der Waals surface area contributed by atoms with Crippen LogP contribution >= 0.6 is 11.6 Å². The van der Waals surface area contributed by atoms with Crippen LogP contribution in [0.1, 0.15) is 22.3 Å². The number of hydrogen-bond donors (Lipinski definition) is 1. The minimum Gasteiger partial charge on any atom is -0.336 e. The summed E-state index contributed by atoms with van der Waals surface area (Å²) in [5.74, 6) is -0.0885. The Bertz CT molecular complexity index is 817. The average Bonchev–Trinajstić information content (AvgIpc) is 2.67. The smallest absolute Gasteiger partial charge is 0.254 e. The number of likely N-dealkylation sites (N-methyl/N-ethyl adjacent to an activating group) is 1. The Labute approximate surface area is 164 Å². The van der Waals surface area contributed by atoms with Crippen molar-refractivity contribution in [2.75, 3.05) is 38.5 Å². The van der Waals surface area contributed by atoms with E-state index in [-0.39, 0.29) is 11.8 Å². The fourth-order valence-electron chi connectivity index (χ4n) is 3.09. The summed E-state index contributed by atoms with van der Waals surface area (Å²) in [7, 11) is 2.06. The van der Waals surface area contributed by atoms with Gasteiger partial charge in [0.25, 0.3) is 5.91 Å². The molecule has 1 saturated heterocycles. The molecule has 0 radical (unpaired) electrons. The minimum absolute atomic E-state index is 0.00951. The van der Waals surface area contributed by atoms with E-state index in [1.807, 2.05) is 29.2 Å². The lowest BCUT2D eigenvalue weighted by molar-refractivity contribution is -0.116. The van der Waals surface area contributed by atoms with E-state index in [2.05, 4.69) is 17.3 Å². The molecule has 0 unspecified atom stereocenters. The molecule has 0 saturated carbocycles. The third-order valence-electron chi connectivity index (χ3n) is 4.76. The number of rotatable bonds is 5. The number of carbonyl (C=O) groups excluding carboxylic acids is 2. The molecule has 0 aromatic heterocycles. The van der Waals surface area contributed by atoms with Crippen LogP contribution in [0.15, 0.2) is 48.5 Å². The normalized spacial score (nSPS) is 14.8. The van der Waals surface area contributed by atoms with Gasteiger partial charge < -0.3 is 15.1 Å². The van der Waals surface area contributed by atoms with Crippen molar-refractivity contribution in [2.24, 2.45) is 0 Å². The van der Waals surface area contributed by atoms with Gasteiger partial charge in [0.05, 0.1) is 0 Å². The second-order valence-electron chi connectivity index (χ2n) is 6.82. The molecule has 2 aromatic rings. The molecule has 2 amide bonds. The Hall–Kier alpha value is -2.37. The van der Waals surface area contributed by atoms with E-state index in [0.29, 0.717) is 29.1 Å². The van der Waals surface area contributed by atoms with E-state index in [1.54, 1.807) is 24.3 Å². The molecule has 0 spiro atoms. The van der Waals surface area contributed by atoms with E-state index in [0.717, 1.165) is 31.7 Å². The summed E-state index contributed by atoms with van der Waals surface area (Å²) < 4.78 is 0. The van der Waals surface area contributed by atoms with Crippen LogP contribution in [0.3, 0.4) is 0 Å². The van der Waals surface area contributed by atoms with Crippen LogP contribution in [0.2, 0.25) is 5.02 Å². The number of hydrogen-bond acceptors (Lipinski definition) is 3. The van der Waals surface area contributed by atoms with Crippen molar-refractivity contribution in [2.45, 2.75) is 12.8 Å². The Balaban J connectivity index is 1.57. The van der Waals surface area contributed by atoms with Gasteiger partial charge in [-0.25, -0.2) is 0 Å². The first-order valence-corrected chi connectivity index (χ1v) is 9.52. The summed E-state index contributed by atoms with van der Waals surface area (Å²) in [6.07, 6.45) is 0.909. The molecule has 1 N–H and O–H groups in total. The molecule has 3 rings (SSSR count). The van der Waals surface area contributed by atoms with Gasteiger partial charge in [0.1, 0.15) is 0 Å². The van der Waals surface area contributed by atoms with Crippen LogP contribution < -0.4 is 5.32 Å². The maximum atomic E-state index is 12.7. The second-order valence-corrected chi connectivity index (χ2v) is 7.22. The summed E-state index contributed by atoms with van der Waals surface area (Å²) in [5.41, 5.74) is 2.19. The van der Waals surface area contributed by atoms with Gasteiger partial charge in [-0.3, -0.25) is 9.59 Å². The Morgan fingerprint density at radius 2 is 1.78 bits per heavy atom. The monoisotopic (exact) mass is 385 g/mol. The largest absolute Gasteiger partial charge is 0.336 e. The maximum Gasteiger partial charge on any atom is 0.254 e. The Morgan fingerprint density at radius 1 is 1.04 bits per heavy atom. The first kappa shape index (κ1) is 19.4. The Kier molecular flexibility index (Phi) is 6.48. The lowest BCUT2D eigenvalue weighted by Crippen LogP contribution is -2.47. The predicted octanol–water partition coefficient (Wildman–Crippen LogP) is 3.30. The summed E-state index contributed by atoms with van der Waals surface area (Å²) in [5, 5.41) is 3.55. The molecule has 2 aromatic carbocycles. The van der Waals surface area contributed by atoms with E-state index in [4.69, 9.17) is 11.6 Å². The van der Waals surface area contributed by atoms with Crippen molar-refractivity contribution in [1.82, 2.24) is 9.80 Å². The van der Waals surface area contributed by atoms with Crippen molar-refractivity contribution in [3.05, 3.63) is 64.7 Å². The number of anilines is 1. The van der Waals surface area contributed by atoms with Crippen LogP contribution in [0, 0.1) is 0 Å². The van der Waals surface area contributed by atoms with Crippen LogP contribution in [0.25, 0.3) is 0 Å². The fourth-order valence-corrected chi connectivity index (χ4v) is 3.33. The van der Waals surface area contributed by atoms with E-state index >= 15 is 0 Å². The average molecular weight is 386 g/mol. The number of nitrogens with zero attached hydrogens (tertiary/aromatic N) is 2. The number of halogens is 1. The molecule has 6 heteroatoms. The highest BCUT2D eigenvalue weighted by Crippen LogP contribution is 2.18. The van der Waals surface area contributed by atoms with Crippen LogP contribution in [0.5, 0.6) is 0 Å². The van der Waals surface area contributed by atoms with Gasteiger partial charge in [0, 0.05) is 48.9 Å². The van der Waals surface area contributed by atoms with Gasteiger partial charge in [-0.15, -0.1) is 0 Å². The molecule has 1 fully saturated rings. The topological polar surface area (TPSA) is 52.6 Å². The van der Waals surface area contributed by atoms with Crippen molar-refractivity contribution < 1.29 is 9.59 Å². The summed E-state index contributed by atoms with van der Waals surface area (Å²) in [6, 6.07) is 14.7. The van der Waals surface area contributed by atoms with Crippen LogP contribution in [-0.4, -0.2) is 54.8 Å². The quantitative estimate of drug-likeness (QED) is 0.859. The zero-order chi connectivity index (χ0) is 19.2. The molecular formula is C21H24ClN3O2. The maximum absolute atomic E-state index is 12.7. The first-order chi connectivity index (χ1) is 13.0. The summed E-state index contributed by atoms with van der Waals surface area (Å²) in [4.78, 5) is 29.0. The van der Waals surface area contributed by atoms with E-state index in [9.17, 15) is 9.59 Å². The molecule has 1 aliphatic rings. The second kappa shape index (κ2) is 9.02. The third kappa shape index (κ3) is 5.31. The molecule has 5 nitrogen and oxygen atoms in total.